The first-order valence-corrected chi connectivity index (χ1v) is 4.82. The summed E-state index contributed by atoms with van der Waals surface area (Å²) in [5.74, 6) is 0.675. The molecule has 16 heavy (non-hydrogen) atoms. The van der Waals surface area contributed by atoms with E-state index < -0.39 is 0 Å². The summed E-state index contributed by atoms with van der Waals surface area (Å²) in [5, 5.41) is 0. The largest absolute Gasteiger partial charge is 0.497 e. The molecule has 1 aromatic carbocycles. The van der Waals surface area contributed by atoms with Crippen LogP contribution >= 0.6 is 0 Å². The fraction of sp³-hybridized carbons (Fsp3) is 0.333. The number of ether oxygens (including phenoxy) is 2. The highest BCUT2D eigenvalue weighted by molar-refractivity contribution is 6.07. The molecular formula is C12H14O4. The molecule has 1 aromatic rings. The molecular weight excluding hydrogens is 208 g/mol. The predicted octanol–water partition coefficient (Wildman–Crippen LogP) is 1.87. The summed E-state index contributed by atoms with van der Waals surface area (Å²) in [5.41, 5.74) is 0.423. The molecule has 0 aliphatic rings. The second kappa shape index (κ2) is 5.30. The first-order valence-electron chi connectivity index (χ1n) is 4.82. The Morgan fingerprint density at radius 2 is 1.56 bits per heavy atom. The maximum Gasteiger partial charge on any atom is 0.170 e. The molecule has 0 saturated heterocycles. The van der Waals surface area contributed by atoms with E-state index in [-0.39, 0.29) is 18.0 Å². The molecule has 0 atom stereocenters. The maximum atomic E-state index is 11.7. The van der Waals surface area contributed by atoms with Crippen molar-refractivity contribution < 1.29 is 19.1 Å². The van der Waals surface area contributed by atoms with Gasteiger partial charge in [-0.2, -0.15) is 0 Å². The molecule has 0 heterocycles. The first kappa shape index (κ1) is 12.2. The van der Waals surface area contributed by atoms with E-state index in [1.165, 1.54) is 21.1 Å². The van der Waals surface area contributed by atoms with Crippen LogP contribution in [0.2, 0.25) is 0 Å². The third kappa shape index (κ3) is 3.08. The van der Waals surface area contributed by atoms with Crippen LogP contribution in [0, 0.1) is 0 Å². The third-order valence-electron chi connectivity index (χ3n) is 2.08. The molecule has 0 radical (unpaired) electrons. The SMILES string of the molecule is COc1cc(OC)cc(C(=O)CC(C)=O)c1. The monoisotopic (exact) mass is 222 g/mol. The molecule has 0 N–H and O–H groups in total. The van der Waals surface area contributed by atoms with Crippen LogP contribution in [0.4, 0.5) is 0 Å². The van der Waals surface area contributed by atoms with E-state index in [0.29, 0.717) is 17.1 Å². The van der Waals surface area contributed by atoms with E-state index in [1.54, 1.807) is 18.2 Å². The number of rotatable bonds is 5. The Bertz CT molecular complexity index is 387. The van der Waals surface area contributed by atoms with Gasteiger partial charge < -0.3 is 9.47 Å². The van der Waals surface area contributed by atoms with Crippen molar-refractivity contribution in [2.75, 3.05) is 14.2 Å². The lowest BCUT2D eigenvalue weighted by Gasteiger charge is -2.07. The zero-order valence-electron chi connectivity index (χ0n) is 9.57. The second-order valence-corrected chi connectivity index (χ2v) is 3.40. The van der Waals surface area contributed by atoms with E-state index in [0.717, 1.165) is 0 Å². The standard InChI is InChI=1S/C12H14O4/c1-8(13)4-12(14)9-5-10(15-2)7-11(6-9)16-3/h5-7H,4H2,1-3H3. The maximum absolute atomic E-state index is 11.7. The van der Waals surface area contributed by atoms with Crippen LogP contribution in [0.25, 0.3) is 0 Å². The Balaban J connectivity index is 3.02. The lowest BCUT2D eigenvalue weighted by Crippen LogP contribution is -2.05. The number of benzene rings is 1. The molecule has 0 amide bonds. The molecule has 0 aliphatic carbocycles. The van der Waals surface area contributed by atoms with Gasteiger partial charge in [-0.15, -0.1) is 0 Å². The number of ketones is 2. The lowest BCUT2D eigenvalue weighted by molar-refractivity contribution is -0.116. The summed E-state index contributed by atoms with van der Waals surface area (Å²) in [6, 6.07) is 4.85. The van der Waals surface area contributed by atoms with Gasteiger partial charge in [0, 0.05) is 11.6 Å². The summed E-state index contributed by atoms with van der Waals surface area (Å²) in [6.45, 7) is 1.38. The Hall–Kier alpha value is -1.84. The molecule has 0 unspecified atom stereocenters. The molecule has 0 bridgehead atoms. The Labute approximate surface area is 94.2 Å². The van der Waals surface area contributed by atoms with Crippen LogP contribution in [0.1, 0.15) is 23.7 Å². The number of hydrogen-bond donors (Lipinski definition) is 0. The molecule has 4 heteroatoms. The van der Waals surface area contributed by atoms with Crippen molar-refractivity contribution in [3.8, 4) is 11.5 Å². The molecule has 1 rings (SSSR count). The second-order valence-electron chi connectivity index (χ2n) is 3.40. The van der Waals surface area contributed by atoms with Crippen LogP contribution in [0.15, 0.2) is 18.2 Å². The molecule has 86 valence electrons. The summed E-state index contributed by atoms with van der Waals surface area (Å²) >= 11 is 0. The topological polar surface area (TPSA) is 52.6 Å². The number of hydrogen-bond acceptors (Lipinski definition) is 4. The fourth-order valence-corrected chi connectivity index (χ4v) is 1.30. The van der Waals surface area contributed by atoms with Crippen molar-refractivity contribution in [3.05, 3.63) is 23.8 Å². The van der Waals surface area contributed by atoms with Crippen LogP contribution < -0.4 is 9.47 Å². The van der Waals surface area contributed by atoms with Gasteiger partial charge in [0.25, 0.3) is 0 Å². The minimum atomic E-state index is -0.232. The smallest absolute Gasteiger partial charge is 0.170 e. The van der Waals surface area contributed by atoms with Crippen LogP contribution in [0.3, 0.4) is 0 Å². The molecule has 0 fully saturated rings. The van der Waals surface area contributed by atoms with E-state index >= 15 is 0 Å². The van der Waals surface area contributed by atoms with Crippen molar-refractivity contribution in [1.82, 2.24) is 0 Å². The third-order valence-corrected chi connectivity index (χ3v) is 2.08. The highest BCUT2D eigenvalue weighted by atomic mass is 16.5. The average molecular weight is 222 g/mol. The number of carbonyl (C=O) groups is 2. The number of methoxy groups -OCH3 is 2. The lowest BCUT2D eigenvalue weighted by atomic mass is 10.1. The van der Waals surface area contributed by atoms with Crippen LogP contribution in [-0.4, -0.2) is 25.8 Å². The van der Waals surface area contributed by atoms with Gasteiger partial charge >= 0.3 is 0 Å². The summed E-state index contributed by atoms with van der Waals surface area (Å²) in [4.78, 5) is 22.5. The van der Waals surface area contributed by atoms with E-state index in [9.17, 15) is 9.59 Å². The molecule has 0 aromatic heterocycles. The highest BCUT2D eigenvalue weighted by Gasteiger charge is 2.11. The minimum Gasteiger partial charge on any atom is -0.497 e. The van der Waals surface area contributed by atoms with Crippen molar-refractivity contribution in [1.29, 1.82) is 0 Å². The normalized spacial score (nSPS) is 9.69. The molecule has 0 aliphatic heterocycles. The molecule has 0 spiro atoms. The van der Waals surface area contributed by atoms with Gasteiger partial charge in [-0.05, 0) is 19.1 Å². The Kier molecular flexibility index (Phi) is 4.05. The highest BCUT2D eigenvalue weighted by Crippen LogP contribution is 2.23. The van der Waals surface area contributed by atoms with Crippen molar-refractivity contribution in [2.45, 2.75) is 13.3 Å². The average Bonchev–Trinajstić information content (AvgIpc) is 2.27. The van der Waals surface area contributed by atoms with Gasteiger partial charge in [0.15, 0.2) is 5.78 Å². The quantitative estimate of drug-likeness (QED) is 0.563. The van der Waals surface area contributed by atoms with Gasteiger partial charge in [0.05, 0.1) is 20.6 Å². The zero-order valence-corrected chi connectivity index (χ0v) is 9.57. The molecule has 0 saturated carbocycles. The fourth-order valence-electron chi connectivity index (χ4n) is 1.30. The van der Waals surface area contributed by atoms with Crippen molar-refractivity contribution in [3.63, 3.8) is 0 Å². The van der Waals surface area contributed by atoms with E-state index in [2.05, 4.69) is 0 Å². The Morgan fingerprint density at radius 1 is 1.06 bits per heavy atom. The zero-order chi connectivity index (χ0) is 12.1. The van der Waals surface area contributed by atoms with E-state index in [1.807, 2.05) is 0 Å². The van der Waals surface area contributed by atoms with Crippen LogP contribution in [-0.2, 0) is 4.79 Å². The number of Topliss-reactive ketones (excluding diaryl/α,β-unsaturated/α-hetero) is 2. The first-order chi connectivity index (χ1) is 7.56. The van der Waals surface area contributed by atoms with Gasteiger partial charge in [-0.1, -0.05) is 0 Å². The van der Waals surface area contributed by atoms with Crippen molar-refractivity contribution in [2.24, 2.45) is 0 Å². The van der Waals surface area contributed by atoms with Crippen LogP contribution in [0.5, 0.6) is 11.5 Å². The predicted molar refractivity (Wildman–Crippen MR) is 59.2 cm³/mol. The van der Waals surface area contributed by atoms with Gasteiger partial charge in [-0.25, -0.2) is 0 Å². The summed E-state index contributed by atoms with van der Waals surface area (Å²) in [6.07, 6.45) is -0.101. The van der Waals surface area contributed by atoms with Gasteiger partial charge in [-0.3, -0.25) is 9.59 Å². The van der Waals surface area contributed by atoms with E-state index in [4.69, 9.17) is 9.47 Å². The van der Waals surface area contributed by atoms with Gasteiger partial charge in [0.2, 0.25) is 0 Å². The molecule has 4 nitrogen and oxygen atoms in total. The van der Waals surface area contributed by atoms with Crippen molar-refractivity contribution >= 4 is 11.6 Å². The summed E-state index contributed by atoms with van der Waals surface area (Å²) in [7, 11) is 3.02. The summed E-state index contributed by atoms with van der Waals surface area (Å²) < 4.78 is 10.1. The Morgan fingerprint density at radius 3 is 1.94 bits per heavy atom. The van der Waals surface area contributed by atoms with Gasteiger partial charge in [0.1, 0.15) is 17.3 Å². The number of carbonyl (C=O) groups excluding carboxylic acids is 2. The minimum absolute atomic E-state index is 0.101.